The van der Waals surface area contributed by atoms with Gasteiger partial charge in [0.2, 0.25) is 0 Å². The summed E-state index contributed by atoms with van der Waals surface area (Å²) < 4.78 is 37.7. The fraction of sp³-hybridized carbons (Fsp3) is 0.400. The fourth-order valence-corrected chi connectivity index (χ4v) is 1.33. The van der Waals surface area contributed by atoms with Gasteiger partial charge in [-0.1, -0.05) is 13.0 Å². The number of benzene rings is 1. The molecule has 0 fully saturated rings. The monoisotopic (exact) mass is 219 g/mol. The average molecular weight is 219 g/mol. The third-order valence-electron chi connectivity index (χ3n) is 2.18. The topological polar surface area (TPSA) is 46.2 Å². The summed E-state index contributed by atoms with van der Waals surface area (Å²) in [6.07, 6.45) is -4.07. The molecule has 0 aliphatic carbocycles. The van der Waals surface area contributed by atoms with E-state index in [2.05, 4.69) is 0 Å². The summed E-state index contributed by atoms with van der Waals surface area (Å²) >= 11 is 0. The lowest BCUT2D eigenvalue weighted by Crippen LogP contribution is -2.16. The van der Waals surface area contributed by atoms with Crippen molar-refractivity contribution in [3.8, 4) is 5.75 Å². The van der Waals surface area contributed by atoms with Crippen LogP contribution < -0.4 is 5.73 Å². The Balaban J connectivity index is 3.27. The average Bonchev–Trinajstić information content (AvgIpc) is 2.15. The number of alkyl halides is 3. The zero-order valence-electron chi connectivity index (χ0n) is 8.17. The molecule has 1 rings (SSSR count). The van der Waals surface area contributed by atoms with Gasteiger partial charge in [-0.2, -0.15) is 13.2 Å². The molecule has 0 radical (unpaired) electrons. The van der Waals surface area contributed by atoms with Crippen LogP contribution in [-0.4, -0.2) is 5.11 Å². The van der Waals surface area contributed by atoms with Crippen molar-refractivity contribution in [1.82, 2.24) is 0 Å². The van der Waals surface area contributed by atoms with Crippen molar-refractivity contribution in [2.45, 2.75) is 25.6 Å². The zero-order valence-corrected chi connectivity index (χ0v) is 8.17. The Labute approximate surface area is 85.5 Å². The minimum Gasteiger partial charge on any atom is -0.508 e. The quantitative estimate of drug-likeness (QED) is 0.803. The Morgan fingerprint density at radius 2 is 2.00 bits per heavy atom. The smallest absolute Gasteiger partial charge is 0.416 e. The predicted molar refractivity (Wildman–Crippen MR) is 50.3 cm³/mol. The Bertz CT molecular complexity index is 349. The summed E-state index contributed by atoms with van der Waals surface area (Å²) in [4.78, 5) is 0. The third-order valence-corrected chi connectivity index (χ3v) is 2.18. The molecule has 0 spiro atoms. The van der Waals surface area contributed by atoms with Crippen LogP contribution in [0, 0.1) is 0 Å². The van der Waals surface area contributed by atoms with E-state index in [1.807, 2.05) is 0 Å². The molecular formula is C10H12F3NO. The molecule has 15 heavy (non-hydrogen) atoms. The molecule has 2 nitrogen and oxygen atoms in total. The molecule has 84 valence electrons. The molecule has 0 saturated carbocycles. The highest BCUT2D eigenvalue weighted by molar-refractivity contribution is 5.38. The number of halogens is 3. The highest BCUT2D eigenvalue weighted by Gasteiger charge is 2.34. The van der Waals surface area contributed by atoms with Gasteiger partial charge in [0, 0.05) is 6.04 Å². The van der Waals surface area contributed by atoms with Crippen molar-refractivity contribution < 1.29 is 18.3 Å². The van der Waals surface area contributed by atoms with E-state index >= 15 is 0 Å². The van der Waals surface area contributed by atoms with E-state index in [4.69, 9.17) is 10.8 Å². The molecule has 5 heteroatoms. The van der Waals surface area contributed by atoms with E-state index in [0.717, 1.165) is 0 Å². The van der Waals surface area contributed by atoms with Gasteiger partial charge in [0.05, 0.1) is 5.56 Å². The van der Waals surface area contributed by atoms with Gasteiger partial charge in [0.25, 0.3) is 0 Å². The lowest BCUT2D eigenvalue weighted by atomic mass is 9.98. The summed E-state index contributed by atoms with van der Waals surface area (Å²) in [5, 5.41) is 9.01. The van der Waals surface area contributed by atoms with Crippen LogP contribution in [0.3, 0.4) is 0 Å². The summed E-state index contributed by atoms with van der Waals surface area (Å²) in [5.74, 6) is -0.408. The van der Waals surface area contributed by atoms with E-state index < -0.39 is 23.5 Å². The molecule has 1 atom stereocenters. The minimum absolute atomic E-state index is 0.0165. The molecule has 0 bridgehead atoms. The first-order valence-corrected chi connectivity index (χ1v) is 4.52. The molecule has 0 amide bonds. The number of hydrogen-bond donors (Lipinski definition) is 2. The second-order valence-electron chi connectivity index (χ2n) is 3.28. The normalized spacial score (nSPS) is 13.9. The zero-order chi connectivity index (χ0) is 11.6. The summed E-state index contributed by atoms with van der Waals surface area (Å²) in [7, 11) is 0. The lowest BCUT2D eigenvalue weighted by molar-refractivity contribution is -0.138. The molecule has 1 aromatic carbocycles. The summed E-state index contributed by atoms with van der Waals surface area (Å²) in [6, 6.07) is 2.46. The summed E-state index contributed by atoms with van der Waals surface area (Å²) in [5.41, 5.74) is 4.71. The van der Waals surface area contributed by atoms with Crippen LogP contribution in [-0.2, 0) is 6.18 Å². The number of aromatic hydroxyl groups is 1. The Morgan fingerprint density at radius 1 is 1.40 bits per heavy atom. The Kier molecular flexibility index (Phi) is 3.24. The van der Waals surface area contributed by atoms with Crippen molar-refractivity contribution in [2.24, 2.45) is 5.73 Å². The third kappa shape index (κ3) is 2.62. The number of nitrogens with two attached hydrogens (primary N) is 1. The van der Waals surface area contributed by atoms with Gasteiger partial charge in [0.15, 0.2) is 0 Å². The van der Waals surface area contributed by atoms with Gasteiger partial charge in [-0.25, -0.2) is 0 Å². The SMILES string of the molecule is CCC(N)c1ccc(O)cc1C(F)(F)F. The highest BCUT2D eigenvalue weighted by Crippen LogP contribution is 2.36. The molecule has 1 aromatic rings. The van der Waals surface area contributed by atoms with Crippen molar-refractivity contribution in [3.05, 3.63) is 29.3 Å². The summed E-state index contributed by atoms with van der Waals surface area (Å²) in [6.45, 7) is 1.71. The molecular weight excluding hydrogens is 207 g/mol. The van der Waals surface area contributed by atoms with Crippen molar-refractivity contribution in [3.63, 3.8) is 0 Å². The number of phenols is 1. The lowest BCUT2D eigenvalue weighted by Gasteiger charge is -2.17. The minimum atomic E-state index is -4.49. The number of hydrogen-bond acceptors (Lipinski definition) is 2. The van der Waals surface area contributed by atoms with Crippen molar-refractivity contribution in [1.29, 1.82) is 0 Å². The largest absolute Gasteiger partial charge is 0.508 e. The molecule has 0 saturated heterocycles. The van der Waals surface area contributed by atoms with Gasteiger partial charge in [-0.05, 0) is 24.1 Å². The molecule has 0 aliphatic heterocycles. The van der Waals surface area contributed by atoms with Crippen LogP contribution in [0.15, 0.2) is 18.2 Å². The molecule has 0 aliphatic rings. The van der Waals surface area contributed by atoms with Crippen LogP contribution in [0.1, 0.15) is 30.5 Å². The number of phenolic OH excluding ortho intramolecular Hbond substituents is 1. The van der Waals surface area contributed by atoms with E-state index in [1.54, 1.807) is 6.92 Å². The highest BCUT2D eigenvalue weighted by atomic mass is 19.4. The van der Waals surface area contributed by atoms with E-state index in [-0.39, 0.29) is 5.56 Å². The van der Waals surface area contributed by atoms with Crippen LogP contribution >= 0.6 is 0 Å². The van der Waals surface area contributed by atoms with Crippen LogP contribution in [0.5, 0.6) is 5.75 Å². The van der Waals surface area contributed by atoms with Gasteiger partial charge in [-0.15, -0.1) is 0 Å². The van der Waals surface area contributed by atoms with Gasteiger partial charge < -0.3 is 10.8 Å². The van der Waals surface area contributed by atoms with Crippen LogP contribution in [0.25, 0.3) is 0 Å². The maximum absolute atomic E-state index is 12.6. The molecule has 0 heterocycles. The fourth-order valence-electron chi connectivity index (χ4n) is 1.33. The maximum atomic E-state index is 12.6. The molecule has 0 aromatic heterocycles. The van der Waals surface area contributed by atoms with Gasteiger partial charge >= 0.3 is 6.18 Å². The molecule has 1 unspecified atom stereocenters. The second-order valence-corrected chi connectivity index (χ2v) is 3.28. The van der Waals surface area contributed by atoms with Gasteiger partial charge in [0.1, 0.15) is 5.75 Å². The predicted octanol–water partition coefficient (Wildman–Crippen LogP) is 2.82. The number of rotatable bonds is 2. The maximum Gasteiger partial charge on any atom is 0.416 e. The Morgan fingerprint density at radius 3 is 2.47 bits per heavy atom. The van der Waals surface area contributed by atoms with Crippen LogP contribution in [0.4, 0.5) is 13.2 Å². The van der Waals surface area contributed by atoms with E-state index in [9.17, 15) is 13.2 Å². The first kappa shape index (κ1) is 11.8. The van der Waals surface area contributed by atoms with E-state index in [1.165, 1.54) is 12.1 Å². The second kappa shape index (κ2) is 4.10. The first-order valence-electron chi connectivity index (χ1n) is 4.52. The molecule has 3 N–H and O–H groups in total. The van der Waals surface area contributed by atoms with Crippen LogP contribution in [0.2, 0.25) is 0 Å². The van der Waals surface area contributed by atoms with Crippen molar-refractivity contribution >= 4 is 0 Å². The first-order chi connectivity index (χ1) is 6.86. The standard InChI is InChI=1S/C10H12F3NO/c1-2-9(14)7-4-3-6(15)5-8(7)10(11,12)13/h3-5,9,15H,2,14H2,1H3. The van der Waals surface area contributed by atoms with Gasteiger partial charge in [-0.3, -0.25) is 0 Å². The van der Waals surface area contributed by atoms with Crippen molar-refractivity contribution in [2.75, 3.05) is 0 Å². The Hall–Kier alpha value is -1.23. The van der Waals surface area contributed by atoms with E-state index in [0.29, 0.717) is 12.5 Å².